The second-order valence-electron chi connectivity index (χ2n) is 9.14. The molecule has 1 fully saturated rings. The van der Waals surface area contributed by atoms with Crippen LogP contribution in [0.3, 0.4) is 0 Å². The van der Waals surface area contributed by atoms with Crippen molar-refractivity contribution in [3.05, 3.63) is 138 Å². The van der Waals surface area contributed by atoms with Crippen LogP contribution in [0.25, 0.3) is 5.69 Å². The van der Waals surface area contributed by atoms with E-state index in [1.54, 1.807) is 12.3 Å². The van der Waals surface area contributed by atoms with Crippen LogP contribution in [0.15, 0.2) is 116 Å². The molecule has 0 unspecified atom stereocenters. The first-order chi connectivity index (χ1) is 18.6. The predicted octanol–water partition coefficient (Wildman–Crippen LogP) is 7.29. The van der Waals surface area contributed by atoms with Crippen LogP contribution in [0.1, 0.15) is 29.0 Å². The molecule has 38 heavy (non-hydrogen) atoms. The summed E-state index contributed by atoms with van der Waals surface area (Å²) < 4.78 is 22.3. The Morgan fingerprint density at radius 3 is 2.45 bits per heavy atom. The Morgan fingerprint density at radius 1 is 0.868 bits per heavy atom. The maximum absolute atomic E-state index is 14.2. The van der Waals surface area contributed by atoms with Crippen molar-refractivity contribution in [2.24, 2.45) is 0 Å². The summed E-state index contributed by atoms with van der Waals surface area (Å²) in [5.74, 6) is 1.27. The van der Waals surface area contributed by atoms with E-state index in [0.29, 0.717) is 5.11 Å². The average Bonchev–Trinajstić information content (AvgIpc) is 3.55. The van der Waals surface area contributed by atoms with Crippen molar-refractivity contribution in [2.75, 3.05) is 4.90 Å². The van der Waals surface area contributed by atoms with E-state index in [9.17, 15) is 4.39 Å². The van der Waals surface area contributed by atoms with E-state index >= 15 is 0 Å². The van der Waals surface area contributed by atoms with Gasteiger partial charge in [0.25, 0.3) is 0 Å². The molecule has 2 aromatic heterocycles. The number of aromatic nitrogens is 2. The average molecular weight is 521 g/mol. The molecule has 1 N–H and O–H groups in total. The van der Waals surface area contributed by atoms with E-state index in [0.717, 1.165) is 39.8 Å². The number of halogens is 1. The number of ether oxygens (including phenoxy) is 1. The molecule has 1 saturated heterocycles. The molecule has 3 aromatic carbocycles. The summed E-state index contributed by atoms with van der Waals surface area (Å²) in [5.41, 5.74) is 4.55. The fraction of sp³-hybridized carbons (Fsp3) is 0.0968. The van der Waals surface area contributed by atoms with Gasteiger partial charge in [0.05, 0.1) is 11.7 Å². The number of aryl methyl sites for hydroxylation is 1. The number of pyridine rings is 1. The third-order valence-electron chi connectivity index (χ3n) is 6.70. The molecule has 0 aliphatic carbocycles. The van der Waals surface area contributed by atoms with Crippen LogP contribution >= 0.6 is 12.2 Å². The first kappa shape index (κ1) is 23.9. The van der Waals surface area contributed by atoms with Crippen molar-refractivity contribution >= 4 is 23.0 Å². The number of benzene rings is 3. The first-order valence-corrected chi connectivity index (χ1v) is 12.8. The van der Waals surface area contributed by atoms with E-state index in [-0.39, 0.29) is 17.9 Å². The van der Waals surface area contributed by atoms with E-state index in [2.05, 4.69) is 15.2 Å². The highest BCUT2D eigenvalue weighted by Crippen LogP contribution is 2.42. The Labute approximate surface area is 226 Å². The predicted molar refractivity (Wildman–Crippen MR) is 151 cm³/mol. The topological polar surface area (TPSA) is 42.3 Å². The molecular formula is C31H25FN4OS. The molecule has 0 spiro atoms. The second-order valence-corrected chi connectivity index (χ2v) is 9.53. The summed E-state index contributed by atoms with van der Waals surface area (Å²) in [5, 5.41) is 4.07. The molecule has 188 valence electrons. The van der Waals surface area contributed by atoms with Crippen LogP contribution in [0.5, 0.6) is 11.5 Å². The summed E-state index contributed by atoms with van der Waals surface area (Å²) in [6, 6.07) is 31.8. The third-order valence-corrected chi connectivity index (χ3v) is 7.02. The minimum atomic E-state index is -0.287. The van der Waals surface area contributed by atoms with Gasteiger partial charge in [-0.25, -0.2) is 4.39 Å². The molecule has 2 atom stereocenters. The van der Waals surface area contributed by atoms with Crippen molar-refractivity contribution in [3.63, 3.8) is 0 Å². The van der Waals surface area contributed by atoms with E-state index in [1.165, 1.54) is 12.1 Å². The molecule has 1 aliphatic rings. The zero-order valence-electron chi connectivity index (χ0n) is 20.7. The number of anilines is 1. The molecule has 6 rings (SSSR count). The largest absolute Gasteiger partial charge is 0.457 e. The van der Waals surface area contributed by atoms with Crippen molar-refractivity contribution in [3.8, 4) is 17.2 Å². The zero-order valence-corrected chi connectivity index (χ0v) is 21.5. The van der Waals surface area contributed by atoms with Gasteiger partial charge in [0, 0.05) is 29.5 Å². The van der Waals surface area contributed by atoms with Gasteiger partial charge in [-0.05, 0) is 97.5 Å². The smallest absolute Gasteiger partial charge is 0.174 e. The van der Waals surface area contributed by atoms with Crippen LogP contribution in [0.2, 0.25) is 0 Å². The molecule has 3 heterocycles. The lowest BCUT2D eigenvalue weighted by Gasteiger charge is -2.29. The number of hydrogen-bond donors (Lipinski definition) is 1. The highest BCUT2D eigenvalue weighted by Gasteiger charge is 2.42. The Bertz CT molecular complexity index is 1590. The molecule has 5 aromatic rings. The quantitative estimate of drug-likeness (QED) is 0.238. The van der Waals surface area contributed by atoms with Crippen LogP contribution in [0.4, 0.5) is 10.1 Å². The minimum absolute atomic E-state index is 0.214. The van der Waals surface area contributed by atoms with Gasteiger partial charge >= 0.3 is 0 Å². The lowest BCUT2D eigenvalue weighted by molar-refractivity contribution is 0.479. The SMILES string of the molecule is Cc1ccccc1Oc1ccc(N2C(=S)N[C@@H](c3ccccn3)[C@@H]2c2cccn2-c2cccc(F)c2)cc1. The Hall–Kier alpha value is -4.49. The van der Waals surface area contributed by atoms with Crippen molar-refractivity contribution in [2.45, 2.75) is 19.0 Å². The first-order valence-electron chi connectivity index (χ1n) is 12.4. The number of thiocarbonyl (C=S) groups is 1. The van der Waals surface area contributed by atoms with Crippen LogP contribution < -0.4 is 15.0 Å². The summed E-state index contributed by atoms with van der Waals surface area (Å²) >= 11 is 5.87. The van der Waals surface area contributed by atoms with Gasteiger partial charge in [-0.1, -0.05) is 30.3 Å². The minimum Gasteiger partial charge on any atom is -0.457 e. The molecule has 0 saturated carbocycles. The summed E-state index contributed by atoms with van der Waals surface area (Å²) in [6.45, 7) is 2.02. The number of nitrogens with zero attached hydrogens (tertiary/aromatic N) is 3. The van der Waals surface area contributed by atoms with Gasteiger partial charge in [-0.3, -0.25) is 4.98 Å². The molecule has 0 bridgehead atoms. The van der Waals surface area contributed by atoms with Crippen molar-refractivity contribution in [1.82, 2.24) is 14.9 Å². The number of hydrogen-bond acceptors (Lipinski definition) is 3. The molecule has 7 heteroatoms. The normalized spacial score (nSPS) is 16.9. The zero-order chi connectivity index (χ0) is 26.1. The molecule has 5 nitrogen and oxygen atoms in total. The van der Waals surface area contributed by atoms with E-state index in [4.69, 9.17) is 17.0 Å². The van der Waals surface area contributed by atoms with Gasteiger partial charge in [-0.2, -0.15) is 0 Å². The molecular weight excluding hydrogens is 495 g/mol. The van der Waals surface area contributed by atoms with E-state index < -0.39 is 0 Å². The van der Waals surface area contributed by atoms with Gasteiger partial charge < -0.3 is 19.5 Å². The lowest BCUT2D eigenvalue weighted by atomic mass is 10.0. The highest BCUT2D eigenvalue weighted by molar-refractivity contribution is 7.80. The van der Waals surface area contributed by atoms with Crippen LogP contribution in [-0.2, 0) is 0 Å². The second kappa shape index (κ2) is 10.1. The van der Waals surface area contributed by atoms with E-state index in [1.807, 2.05) is 103 Å². The Balaban J connectivity index is 1.40. The molecule has 1 aliphatic heterocycles. The Kier molecular flexibility index (Phi) is 6.35. The monoisotopic (exact) mass is 520 g/mol. The highest BCUT2D eigenvalue weighted by atomic mass is 32.1. The van der Waals surface area contributed by atoms with Gasteiger partial charge in [0.15, 0.2) is 5.11 Å². The van der Waals surface area contributed by atoms with Crippen molar-refractivity contribution < 1.29 is 9.13 Å². The van der Waals surface area contributed by atoms with Crippen LogP contribution in [0, 0.1) is 12.7 Å². The molecule has 0 amide bonds. The standard InChI is InChI=1S/C31H25FN4OS/c1-21-8-2-3-13-28(21)37-25-16-14-23(15-17-25)36-30(29(34-31(36)38)26-11-4-5-18-33-26)27-12-7-19-35(27)24-10-6-9-22(32)20-24/h2-20,29-30H,1H3,(H,34,38)/t29-,30-/m0/s1. The number of rotatable bonds is 6. The van der Waals surface area contributed by atoms with Gasteiger partial charge in [-0.15, -0.1) is 0 Å². The number of para-hydroxylation sites is 1. The summed E-state index contributed by atoms with van der Waals surface area (Å²) in [6.07, 6.45) is 3.72. The maximum Gasteiger partial charge on any atom is 0.174 e. The van der Waals surface area contributed by atoms with Gasteiger partial charge in [0.1, 0.15) is 23.4 Å². The number of nitrogens with one attached hydrogen (secondary N) is 1. The third kappa shape index (κ3) is 4.53. The molecule has 0 radical (unpaired) electrons. The summed E-state index contributed by atoms with van der Waals surface area (Å²) in [4.78, 5) is 6.73. The fourth-order valence-corrected chi connectivity index (χ4v) is 5.25. The fourth-order valence-electron chi connectivity index (χ4n) is 4.90. The summed E-state index contributed by atoms with van der Waals surface area (Å²) in [7, 11) is 0. The van der Waals surface area contributed by atoms with Crippen molar-refractivity contribution in [1.29, 1.82) is 0 Å². The van der Waals surface area contributed by atoms with Gasteiger partial charge in [0.2, 0.25) is 0 Å². The Morgan fingerprint density at radius 2 is 1.68 bits per heavy atom. The lowest BCUT2D eigenvalue weighted by Crippen LogP contribution is -2.30. The van der Waals surface area contributed by atoms with Crippen LogP contribution in [-0.4, -0.2) is 14.7 Å². The maximum atomic E-state index is 14.2.